The maximum atomic E-state index is 13.6. The van der Waals surface area contributed by atoms with Crippen LogP contribution in [0, 0.1) is 11.3 Å². The molecule has 0 amide bonds. The Morgan fingerprint density at radius 1 is 1.17 bits per heavy atom. The van der Waals surface area contributed by atoms with E-state index in [9.17, 15) is 28.0 Å². The van der Waals surface area contributed by atoms with E-state index in [4.69, 9.17) is 4.74 Å². The van der Waals surface area contributed by atoms with Crippen LogP contribution in [0.2, 0.25) is 0 Å². The lowest BCUT2D eigenvalue weighted by Gasteiger charge is -2.36. The lowest BCUT2D eigenvalue weighted by molar-refractivity contribution is -0.903. The summed E-state index contributed by atoms with van der Waals surface area (Å²) in [4.78, 5) is 36.6. The number of methoxy groups -OCH3 is 1. The molecule has 4 aromatic rings. The highest BCUT2D eigenvalue weighted by Crippen LogP contribution is 2.43. The number of rotatable bonds is 8. The van der Waals surface area contributed by atoms with Gasteiger partial charge in [0.25, 0.3) is 0 Å². The smallest absolute Gasteiger partial charge is 0.416 e. The van der Waals surface area contributed by atoms with E-state index in [2.05, 4.69) is 26.2 Å². The minimum absolute atomic E-state index is 0. The van der Waals surface area contributed by atoms with Gasteiger partial charge in [-0.1, -0.05) is 12.1 Å². The Kier molecular flexibility index (Phi) is 9.69. The van der Waals surface area contributed by atoms with Gasteiger partial charge in [-0.15, -0.1) is 5.10 Å². The third kappa shape index (κ3) is 6.65. The number of carbonyl (C=O) groups excluding carboxylic acids is 1. The van der Waals surface area contributed by atoms with Crippen LogP contribution < -0.4 is 23.0 Å². The summed E-state index contributed by atoms with van der Waals surface area (Å²) in [5.41, 5.74) is 1.14. The predicted molar refractivity (Wildman–Crippen MR) is 157 cm³/mol. The number of nitriles is 1. The van der Waals surface area contributed by atoms with Crippen LogP contribution in [0.4, 0.5) is 24.8 Å². The number of aromatic nitrogens is 5. The molecule has 2 aromatic heterocycles. The lowest BCUT2D eigenvalue weighted by atomic mass is 9.89. The first-order valence-electron chi connectivity index (χ1n) is 13.9. The number of H-pyrrole nitrogens is 1. The maximum Gasteiger partial charge on any atom is 0.416 e. The first-order valence-corrected chi connectivity index (χ1v) is 13.9. The van der Waals surface area contributed by atoms with Crippen LogP contribution >= 0.6 is 0 Å². The molecule has 240 valence electrons. The number of alkyl halides is 3. The number of esters is 1. The quantitative estimate of drug-likeness (QED) is 0.222. The van der Waals surface area contributed by atoms with Gasteiger partial charge in [0.05, 0.1) is 56.7 Å². The zero-order valence-corrected chi connectivity index (χ0v) is 26.1. The van der Waals surface area contributed by atoms with Crippen LogP contribution in [0.3, 0.4) is 0 Å². The van der Waals surface area contributed by atoms with E-state index in [-0.39, 0.29) is 35.3 Å². The van der Waals surface area contributed by atoms with Crippen LogP contribution in [0.5, 0.6) is 0 Å². The van der Waals surface area contributed by atoms with Crippen molar-refractivity contribution in [3.8, 4) is 6.07 Å². The van der Waals surface area contributed by atoms with Gasteiger partial charge in [-0.3, -0.25) is 14.9 Å². The van der Waals surface area contributed by atoms with Gasteiger partial charge in [0, 0.05) is 30.2 Å². The number of nitrogens with one attached hydrogen (secondary N) is 1. The second kappa shape index (κ2) is 13.2. The van der Waals surface area contributed by atoms with E-state index in [1.807, 2.05) is 14.1 Å². The van der Waals surface area contributed by atoms with Crippen LogP contribution in [-0.2, 0) is 28.7 Å². The molecule has 46 heavy (non-hydrogen) atoms. The fourth-order valence-electron chi connectivity index (χ4n) is 5.59. The summed E-state index contributed by atoms with van der Waals surface area (Å²) < 4.78 is 47.8. The molecule has 0 aliphatic carbocycles. The third-order valence-electron chi connectivity index (χ3n) is 7.74. The number of benzene rings is 2. The third-order valence-corrected chi connectivity index (χ3v) is 7.74. The molecule has 1 unspecified atom stereocenters. The molecule has 0 saturated heterocycles. The van der Waals surface area contributed by atoms with Crippen molar-refractivity contribution in [3.05, 3.63) is 111 Å². The van der Waals surface area contributed by atoms with Gasteiger partial charge in [-0.25, -0.2) is 19.3 Å². The van der Waals surface area contributed by atoms with Crippen molar-refractivity contribution in [1.82, 2.24) is 24.7 Å². The van der Waals surface area contributed by atoms with Crippen LogP contribution in [0.15, 0.2) is 77.1 Å². The topological polar surface area (TPSA) is 130 Å². The Bertz CT molecular complexity index is 1880. The lowest BCUT2D eigenvalue weighted by Crippen LogP contribution is -3.00. The molecule has 1 aliphatic heterocycles. The van der Waals surface area contributed by atoms with Crippen LogP contribution in [0.25, 0.3) is 0 Å². The summed E-state index contributed by atoms with van der Waals surface area (Å²) in [5.74, 6) is -0.786. The number of hydrogen-bond donors (Lipinski definition) is 1. The van der Waals surface area contributed by atoms with Gasteiger partial charge in [-0.05, 0) is 48.4 Å². The van der Waals surface area contributed by atoms with Gasteiger partial charge in [0.15, 0.2) is 0 Å². The molecule has 0 fully saturated rings. The van der Waals surface area contributed by atoms with Crippen molar-refractivity contribution >= 4 is 17.6 Å². The van der Waals surface area contributed by atoms with Crippen molar-refractivity contribution in [2.24, 2.45) is 0 Å². The highest BCUT2D eigenvalue weighted by molar-refractivity contribution is 5.93. The highest BCUT2D eigenvalue weighted by atomic mass is 35.5. The Labute approximate surface area is 268 Å². The number of halogens is 4. The Morgan fingerprint density at radius 2 is 1.93 bits per heavy atom. The molecule has 0 saturated carbocycles. The number of aromatic amines is 1. The normalized spacial score (nSPS) is 14.7. The number of fused-ring (bicyclic) bond motifs is 1. The molecule has 0 spiro atoms. The standard InChI is InChI=1S/C31H29F3N8O3.ClH/c1-19-26(28(43)45-4)27(41-29(38-39-30(41)44)40(19)24-7-5-6-22(15-24)31(32,33)34)25-9-8-20(16-35)14-21(25)10-13-42(2,3)18-23-17-36-11-12-37-23;/h5-9,11-12,14-15,17,27H,10,13,18H2,1-4H3;1H. The number of nitrogens with zero attached hydrogens (tertiary/aromatic N) is 7. The Balaban J connectivity index is 0.00000480. The molecule has 0 bridgehead atoms. The molecule has 15 heteroatoms. The molecular weight excluding hydrogens is 625 g/mol. The van der Waals surface area contributed by atoms with Crippen molar-refractivity contribution in [2.75, 3.05) is 32.6 Å². The molecule has 1 N–H and O–H groups in total. The maximum absolute atomic E-state index is 13.6. The fourth-order valence-corrected chi connectivity index (χ4v) is 5.59. The Morgan fingerprint density at radius 3 is 2.59 bits per heavy atom. The number of carbonyl (C=O) groups is 1. The number of anilines is 2. The Hall–Kier alpha value is -5.00. The zero-order valence-electron chi connectivity index (χ0n) is 25.3. The monoisotopic (exact) mass is 654 g/mol. The molecule has 11 nitrogen and oxygen atoms in total. The highest BCUT2D eigenvalue weighted by Gasteiger charge is 2.41. The first kappa shape index (κ1) is 33.9. The number of ether oxygens (including phenoxy) is 1. The summed E-state index contributed by atoms with van der Waals surface area (Å²) in [5, 5.41) is 16.3. The van der Waals surface area contributed by atoms with Crippen LogP contribution in [-0.4, -0.2) is 62.9 Å². The van der Waals surface area contributed by atoms with Crippen LogP contribution in [0.1, 0.15) is 40.9 Å². The minimum Gasteiger partial charge on any atom is -1.00 e. The van der Waals surface area contributed by atoms with E-state index in [1.165, 1.54) is 28.7 Å². The number of quaternary nitrogens is 1. The number of hydrogen-bond acceptors (Lipinski definition) is 8. The number of allylic oxidation sites excluding steroid dienone is 1. The van der Waals surface area contributed by atoms with Gasteiger partial charge >= 0.3 is 17.8 Å². The number of likely N-dealkylation sites (N-methyl/N-ethyl adjacent to an activating group) is 1. The predicted octanol–water partition coefficient (Wildman–Crippen LogP) is 1.26. The van der Waals surface area contributed by atoms with Gasteiger partial charge < -0.3 is 21.6 Å². The molecule has 1 aliphatic rings. The van der Waals surface area contributed by atoms with E-state index >= 15 is 0 Å². The van der Waals surface area contributed by atoms with Crippen molar-refractivity contribution in [1.29, 1.82) is 5.26 Å². The second-order valence-electron chi connectivity index (χ2n) is 11.3. The minimum atomic E-state index is -4.63. The van der Waals surface area contributed by atoms with Gasteiger partial charge in [-0.2, -0.15) is 18.4 Å². The summed E-state index contributed by atoms with van der Waals surface area (Å²) >= 11 is 0. The van der Waals surface area contributed by atoms with Crippen molar-refractivity contribution in [2.45, 2.75) is 32.1 Å². The fraction of sp³-hybridized carbons (Fsp3) is 0.290. The molecule has 2 aromatic carbocycles. The molecule has 3 heterocycles. The molecular formula is C31H30ClF3N8O3. The average molecular weight is 655 g/mol. The zero-order chi connectivity index (χ0) is 32.5. The van der Waals surface area contributed by atoms with Gasteiger partial charge in [0.2, 0.25) is 5.95 Å². The summed E-state index contributed by atoms with van der Waals surface area (Å²) in [6.07, 6.45) is 0.740. The van der Waals surface area contributed by atoms with Crippen molar-refractivity contribution in [3.63, 3.8) is 0 Å². The van der Waals surface area contributed by atoms with E-state index in [0.29, 0.717) is 40.7 Å². The molecule has 1 atom stereocenters. The second-order valence-corrected chi connectivity index (χ2v) is 11.3. The van der Waals surface area contributed by atoms with E-state index in [1.54, 1.807) is 43.7 Å². The van der Waals surface area contributed by atoms with Gasteiger partial charge in [0.1, 0.15) is 18.3 Å². The average Bonchev–Trinajstić information content (AvgIpc) is 3.39. The summed E-state index contributed by atoms with van der Waals surface area (Å²) in [6, 6.07) is 10.6. The summed E-state index contributed by atoms with van der Waals surface area (Å²) in [6.45, 7) is 2.73. The molecule has 0 radical (unpaired) electrons. The van der Waals surface area contributed by atoms with E-state index < -0.39 is 29.4 Å². The van der Waals surface area contributed by atoms with E-state index in [0.717, 1.165) is 17.8 Å². The molecule has 5 rings (SSSR count). The first-order chi connectivity index (χ1) is 21.3. The SMILES string of the molecule is COC(=O)C1=C(C)N(c2cccc(C(F)(F)F)c2)c2n[nH]c(=O)n2C1c1ccc(C#N)cc1CC[N+](C)(C)Cc1cnccn1.[Cl-]. The van der Waals surface area contributed by atoms with Crippen molar-refractivity contribution < 1.29 is 39.6 Å². The summed E-state index contributed by atoms with van der Waals surface area (Å²) in [7, 11) is 5.24. The largest absolute Gasteiger partial charge is 1.00 e.